The van der Waals surface area contributed by atoms with Crippen LogP contribution in [-0.4, -0.2) is 19.3 Å². The average molecular weight is 275 g/mol. The van der Waals surface area contributed by atoms with Crippen LogP contribution in [0.15, 0.2) is 36.1 Å². The Balaban J connectivity index is 2.22. The van der Waals surface area contributed by atoms with Crippen LogP contribution >= 0.6 is 0 Å². The molecule has 1 heterocycles. The number of likely N-dealkylation sites (N-methyl/N-ethyl adjacent to an activating group) is 1. The van der Waals surface area contributed by atoms with E-state index >= 15 is 0 Å². The van der Waals surface area contributed by atoms with Crippen molar-refractivity contribution in [1.82, 2.24) is 5.32 Å². The second kappa shape index (κ2) is 7.34. The SMILES string of the molecule is CCNC(C1=CCCCO1)c1cccc(OC(C)C)c1. The molecule has 3 nitrogen and oxygen atoms in total. The molecule has 1 aromatic rings. The van der Waals surface area contributed by atoms with Gasteiger partial charge in [0.05, 0.1) is 18.8 Å². The van der Waals surface area contributed by atoms with Crippen molar-refractivity contribution < 1.29 is 9.47 Å². The van der Waals surface area contributed by atoms with Gasteiger partial charge in [0.25, 0.3) is 0 Å². The summed E-state index contributed by atoms with van der Waals surface area (Å²) in [7, 11) is 0. The van der Waals surface area contributed by atoms with E-state index in [9.17, 15) is 0 Å². The molecule has 2 rings (SSSR count). The largest absolute Gasteiger partial charge is 0.496 e. The smallest absolute Gasteiger partial charge is 0.120 e. The average Bonchev–Trinajstić information content (AvgIpc) is 2.45. The van der Waals surface area contributed by atoms with Crippen molar-refractivity contribution >= 4 is 0 Å². The Labute approximate surface area is 122 Å². The summed E-state index contributed by atoms with van der Waals surface area (Å²) < 4.78 is 11.6. The van der Waals surface area contributed by atoms with Crippen LogP contribution < -0.4 is 10.1 Å². The summed E-state index contributed by atoms with van der Waals surface area (Å²) in [6.07, 6.45) is 4.60. The maximum atomic E-state index is 5.83. The molecule has 1 unspecified atom stereocenters. The molecule has 1 aliphatic heterocycles. The Hall–Kier alpha value is -1.48. The predicted molar refractivity (Wildman–Crippen MR) is 81.9 cm³/mol. The van der Waals surface area contributed by atoms with E-state index in [2.05, 4.69) is 30.4 Å². The molecule has 1 N–H and O–H groups in total. The van der Waals surface area contributed by atoms with Crippen molar-refractivity contribution in [2.24, 2.45) is 0 Å². The monoisotopic (exact) mass is 275 g/mol. The maximum Gasteiger partial charge on any atom is 0.120 e. The van der Waals surface area contributed by atoms with E-state index < -0.39 is 0 Å². The molecular formula is C17H25NO2. The van der Waals surface area contributed by atoms with Crippen LogP contribution in [0.3, 0.4) is 0 Å². The summed E-state index contributed by atoms with van der Waals surface area (Å²) in [5.74, 6) is 1.96. The van der Waals surface area contributed by atoms with Crippen LogP contribution in [0.25, 0.3) is 0 Å². The van der Waals surface area contributed by atoms with Crippen molar-refractivity contribution in [3.05, 3.63) is 41.7 Å². The van der Waals surface area contributed by atoms with Crippen LogP contribution in [0.2, 0.25) is 0 Å². The molecule has 110 valence electrons. The first-order valence-electron chi connectivity index (χ1n) is 7.53. The van der Waals surface area contributed by atoms with Crippen molar-refractivity contribution in [2.75, 3.05) is 13.2 Å². The Morgan fingerprint density at radius 2 is 2.20 bits per heavy atom. The fourth-order valence-electron chi connectivity index (χ4n) is 2.40. The van der Waals surface area contributed by atoms with Gasteiger partial charge in [0, 0.05) is 0 Å². The lowest BCUT2D eigenvalue weighted by Crippen LogP contribution is -2.25. The molecule has 0 spiro atoms. The molecule has 0 fully saturated rings. The molecule has 20 heavy (non-hydrogen) atoms. The second-order valence-corrected chi connectivity index (χ2v) is 5.33. The fourth-order valence-corrected chi connectivity index (χ4v) is 2.40. The normalized spacial score (nSPS) is 16.5. The molecule has 0 saturated carbocycles. The van der Waals surface area contributed by atoms with Gasteiger partial charge in [-0.2, -0.15) is 0 Å². The van der Waals surface area contributed by atoms with Gasteiger partial charge in [-0.3, -0.25) is 0 Å². The van der Waals surface area contributed by atoms with Crippen LogP contribution in [0.4, 0.5) is 0 Å². The van der Waals surface area contributed by atoms with Crippen molar-refractivity contribution in [3.63, 3.8) is 0 Å². The van der Waals surface area contributed by atoms with Crippen molar-refractivity contribution in [2.45, 2.75) is 45.8 Å². The highest BCUT2D eigenvalue weighted by Gasteiger charge is 2.19. The topological polar surface area (TPSA) is 30.5 Å². The molecule has 0 amide bonds. The molecule has 0 aromatic heterocycles. The van der Waals surface area contributed by atoms with Gasteiger partial charge in [-0.1, -0.05) is 19.1 Å². The van der Waals surface area contributed by atoms with E-state index in [1.165, 1.54) is 5.56 Å². The van der Waals surface area contributed by atoms with E-state index in [0.717, 1.165) is 37.5 Å². The van der Waals surface area contributed by atoms with Crippen LogP contribution in [0.5, 0.6) is 5.75 Å². The quantitative estimate of drug-likeness (QED) is 0.856. The van der Waals surface area contributed by atoms with Crippen LogP contribution in [0.1, 0.15) is 45.2 Å². The third kappa shape index (κ3) is 4.01. The van der Waals surface area contributed by atoms with Crippen molar-refractivity contribution in [3.8, 4) is 5.75 Å². The summed E-state index contributed by atoms with van der Waals surface area (Å²) in [5, 5.41) is 3.50. The van der Waals surface area contributed by atoms with Gasteiger partial charge in [0.2, 0.25) is 0 Å². The number of hydrogen-bond acceptors (Lipinski definition) is 3. The molecule has 0 radical (unpaired) electrons. The number of nitrogens with one attached hydrogen (secondary N) is 1. The standard InChI is InChI=1S/C17H25NO2/c1-4-18-17(16-10-5-6-11-19-16)14-8-7-9-15(12-14)20-13(2)3/h7-10,12-13,17-18H,4-6,11H2,1-3H3. The molecule has 0 bridgehead atoms. The summed E-state index contributed by atoms with van der Waals surface area (Å²) in [6.45, 7) is 7.92. The minimum Gasteiger partial charge on any atom is -0.496 e. The second-order valence-electron chi connectivity index (χ2n) is 5.33. The van der Waals surface area contributed by atoms with E-state index in [4.69, 9.17) is 9.47 Å². The van der Waals surface area contributed by atoms with E-state index in [1.807, 2.05) is 26.0 Å². The van der Waals surface area contributed by atoms with Crippen LogP contribution in [0, 0.1) is 0 Å². The zero-order valence-corrected chi connectivity index (χ0v) is 12.7. The van der Waals surface area contributed by atoms with Gasteiger partial charge in [-0.25, -0.2) is 0 Å². The molecule has 0 aliphatic carbocycles. The highest BCUT2D eigenvalue weighted by atomic mass is 16.5. The van der Waals surface area contributed by atoms with Crippen LogP contribution in [-0.2, 0) is 4.74 Å². The van der Waals surface area contributed by atoms with E-state index in [-0.39, 0.29) is 12.1 Å². The summed E-state index contributed by atoms with van der Waals surface area (Å²) in [4.78, 5) is 0. The number of allylic oxidation sites excluding steroid dienone is 1. The highest BCUT2D eigenvalue weighted by molar-refractivity contribution is 5.34. The van der Waals surface area contributed by atoms with Gasteiger partial charge in [0.15, 0.2) is 0 Å². The number of benzene rings is 1. The Kier molecular flexibility index (Phi) is 5.48. The molecule has 1 atom stereocenters. The lowest BCUT2D eigenvalue weighted by Gasteiger charge is -2.25. The minimum absolute atomic E-state index is 0.121. The maximum absolute atomic E-state index is 5.83. The Morgan fingerprint density at radius 3 is 2.85 bits per heavy atom. The third-order valence-electron chi connectivity index (χ3n) is 3.22. The zero-order valence-electron chi connectivity index (χ0n) is 12.7. The molecule has 1 aromatic carbocycles. The molecule has 1 aliphatic rings. The van der Waals surface area contributed by atoms with E-state index in [1.54, 1.807) is 0 Å². The fraction of sp³-hybridized carbons (Fsp3) is 0.529. The summed E-state index contributed by atoms with van der Waals surface area (Å²) in [6, 6.07) is 8.39. The molecular weight excluding hydrogens is 250 g/mol. The first kappa shape index (κ1) is 14.9. The predicted octanol–water partition coefficient (Wildman–Crippen LogP) is 3.82. The lowest BCUT2D eigenvalue weighted by atomic mass is 10.0. The number of ether oxygens (including phenoxy) is 2. The summed E-state index contributed by atoms with van der Waals surface area (Å²) in [5.41, 5.74) is 1.19. The van der Waals surface area contributed by atoms with Gasteiger partial charge in [-0.05, 0) is 57.0 Å². The lowest BCUT2D eigenvalue weighted by molar-refractivity contribution is 0.168. The van der Waals surface area contributed by atoms with E-state index in [0.29, 0.717) is 0 Å². The van der Waals surface area contributed by atoms with Crippen molar-refractivity contribution in [1.29, 1.82) is 0 Å². The first-order chi connectivity index (χ1) is 9.70. The third-order valence-corrected chi connectivity index (χ3v) is 3.22. The molecule has 3 heteroatoms. The minimum atomic E-state index is 0.121. The first-order valence-corrected chi connectivity index (χ1v) is 7.53. The summed E-state index contributed by atoms with van der Waals surface area (Å²) >= 11 is 0. The van der Waals surface area contributed by atoms with Gasteiger partial charge < -0.3 is 14.8 Å². The number of hydrogen-bond donors (Lipinski definition) is 1. The zero-order chi connectivity index (χ0) is 14.4. The highest BCUT2D eigenvalue weighted by Crippen LogP contribution is 2.28. The van der Waals surface area contributed by atoms with Gasteiger partial charge in [0.1, 0.15) is 11.5 Å². The Morgan fingerprint density at radius 1 is 1.35 bits per heavy atom. The van der Waals surface area contributed by atoms with Gasteiger partial charge in [-0.15, -0.1) is 0 Å². The number of rotatable bonds is 6. The molecule has 0 saturated heterocycles. The Bertz CT molecular complexity index is 454. The van der Waals surface area contributed by atoms with Gasteiger partial charge >= 0.3 is 0 Å².